The molecule has 1 unspecified atom stereocenters. The van der Waals surface area contributed by atoms with Crippen LogP contribution in [0, 0.1) is 0 Å². The van der Waals surface area contributed by atoms with Gasteiger partial charge in [0.2, 0.25) is 0 Å². The lowest BCUT2D eigenvalue weighted by atomic mass is 9.91. The summed E-state index contributed by atoms with van der Waals surface area (Å²) in [5, 5.41) is 12.1. The maximum atomic E-state index is 12.5. The molecular weight excluding hydrogens is 366 g/mol. The summed E-state index contributed by atoms with van der Waals surface area (Å²) in [7, 11) is 0. The standard InChI is InChI=1S/C24H29NO4/c1-3-4-9-14-24(2,15-22(26)27)25-23(28)29-16-21-19-12-7-5-10-17(19)18-11-6-8-13-20(18)21/h5-8,10-13,21H,3-4,9,14-16H2,1-2H3,(H,25,28)(H,26,27). The zero-order valence-corrected chi connectivity index (χ0v) is 17.1. The van der Waals surface area contributed by atoms with Crippen molar-refractivity contribution in [1.29, 1.82) is 0 Å². The van der Waals surface area contributed by atoms with Gasteiger partial charge in [0.15, 0.2) is 0 Å². The van der Waals surface area contributed by atoms with Gasteiger partial charge in [-0.05, 0) is 35.6 Å². The van der Waals surface area contributed by atoms with Crippen molar-refractivity contribution in [2.75, 3.05) is 6.61 Å². The Morgan fingerprint density at radius 1 is 1.03 bits per heavy atom. The number of benzene rings is 2. The highest BCUT2D eigenvalue weighted by Gasteiger charge is 2.32. The summed E-state index contributed by atoms with van der Waals surface area (Å²) >= 11 is 0. The Morgan fingerprint density at radius 2 is 1.62 bits per heavy atom. The maximum absolute atomic E-state index is 12.5. The van der Waals surface area contributed by atoms with Crippen molar-refractivity contribution in [3.05, 3.63) is 59.7 Å². The van der Waals surface area contributed by atoms with Crippen molar-refractivity contribution in [2.24, 2.45) is 0 Å². The first kappa shape index (κ1) is 20.9. The van der Waals surface area contributed by atoms with Gasteiger partial charge in [-0.2, -0.15) is 0 Å². The summed E-state index contributed by atoms with van der Waals surface area (Å²) in [4.78, 5) is 23.8. The summed E-state index contributed by atoms with van der Waals surface area (Å²) < 4.78 is 5.58. The molecule has 0 aromatic heterocycles. The lowest BCUT2D eigenvalue weighted by molar-refractivity contribution is -0.138. The molecule has 2 aromatic carbocycles. The summed E-state index contributed by atoms with van der Waals surface area (Å²) in [6.07, 6.45) is 2.82. The third-order valence-corrected chi connectivity index (χ3v) is 5.62. The average Bonchev–Trinajstić information content (AvgIpc) is 3.00. The van der Waals surface area contributed by atoms with Gasteiger partial charge in [0.05, 0.1) is 12.0 Å². The first-order chi connectivity index (χ1) is 13.9. The number of carbonyl (C=O) groups is 2. The number of hydrogen-bond donors (Lipinski definition) is 2. The lowest BCUT2D eigenvalue weighted by Gasteiger charge is -2.29. The molecular formula is C24H29NO4. The molecule has 1 amide bonds. The van der Waals surface area contributed by atoms with E-state index in [0.29, 0.717) is 6.42 Å². The second-order valence-corrected chi connectivity index (χ2v) is 8.04. The Kier molecular flexibility index (Phi) is 6.57. The van der Waals surface area contributed by atoms with E-state index in [-0.39, 0.29) is 18.9 Å². The van der Waals surface area contributed by atoms with Crippen LogP contribution in [0.15, 0.2) is 48.5 Å². The average molecular weight is 395 g/mol. The van der Waals surface area contributed by atoms with E-state index in [1.165, 1.54) is 11.1 Å². The number of carboxylic acid groups (broad SMARTS) is 1. The maximum Gasteiger partial charge on any atom is 0.407 e. The molecule has 0 saturated carbocycles. The van der Waals surface area contributed by atoms with Gasteiger partial charge in [-0.3, -0.25) is 4.79 Å². The lowest BCUT2D eigenvalue weighted by Crippen LogP contribution is -2.48. The van der Waals surface area contributed by atoms with E-state index in [0.717, 1.165) is 30.4 Å². The molecule has 2 aromatic rings. The Morgan fingerprint density at radius 3 is 2.17 bits per heavy atom. The van der Waals surface area contributed by atoms with Gasteiger partial charge >= 0.3 is 12.1 Å². The molecule has 0 radical (unpaired) electrons. The molecule has 0 spiro atoms. The van der Waals surface area contributed by atoms with Crippen molar-refractivity contribution >= 4 is 12.1 Å². The number of fused-ring (bicyclic) bond motifs is 3. The van der Waals surface area contributed by atoms with Gasteiger partial charge in [-0.15, -0.1) is 0 Å². The third kappa shape index (κ3) is 4.97. The monoisotopic (exact) mass is 395 g/mol. The van der Waals surface area contributed by atoms with Crippen molar-refractivity contribution in [2.45, 2.75) is 57.4 Å². The van der Waals surface area contributed by atoms with E-state index in [4.69, 9.17) is 4.74 Å². The summed E-state index contributed by atoms with van der Waals surface area (Å²) in [6, 6.07) is 16.3. The molecule has 29 heavy (non-hydrogen) atoms. The Hall–Kier alpha value is -2.82. The van der Waals surface area contributed by atoms with Gasteiger partial charge in [0, 0.05) is 5.92 Å². The molecule has 1 aliphatic rings. The molecule has 5 heteroatoms. The summed E-state index contributed by atoms with van der Waals surface area (Å²) in [6.45, 7) is 4.09. The quantitative estimate of drug-likeness (QED) is 0.562. The number of unbranched alkanes of at least 4 members (excludes halogenated alkanes) is 2. The zero-order valence-electron chi connectivity index (χ0n) is 17.1. The first-order valence-corrected chi connectivity index (χ1v) is 10.3. The smallest absolute Gasteiger partial charge is 0.407 e. The molecule has 154 valence electrons. The number of rotatable bonds is 9. The van der Waals surface area contributed by atoms with Crippen LogP contribution in [0.2, 0.25) is 0 Å². The summed E-state index contributed by atoms with van der Waals surface area (Å²) in [5.41, 5.74) is 3.83. The van der Waals surface area contributed by atoms with Crippen LogP contribution in [-0.2, 0) is 9.53 Å². The zero-order chi connectivity index (χ0) is 20.9. The predicted molar refractivity (Wildman–Crippen MR) is 113 cm³/mol. The van der Waals surface area contributed by atoms with Crippen LogP contribution in [0.3, 0.4) is 0 Å². The van der Waals surface area contributed by atoms with Crippen LogP contribution in [0.25, 0.3) is 11.1 Å². The van der Waals surface area contributed by atoms with Crippen LogP contribution in [0.5, 0.6) is 0 Å². The van der Waals surface area contributed by atoms with Gasteiger partial charge in [0.25, 0.3) is 0 Å². The van der Waals surface area contributed by atoms with Crippen molar-refractivity contribution in [1.82, 2.24) is 5.32 Å². The van der Waals surface area contributed by atoms with Crippen LogP contribution >= 0.6 is 0 Å². The fraction of sp³-hybridized carbons (Fsp3) is 0.417. The van der Waals surface area contributed by atoms with Gasteiger partial charge in [-0.1, -0.05) is 74.7 Å². The highest BCUT2D eigenvalue weighted by Crippen LogP contribution is 2.44. The molecule has 0 saturated heterocycles. The molecule has 0 heterocycles. The third-order valence-electron chi connectivity index (χ3n) is 5.62. The molecule has 1 atom stereocenters. The van der Waals surface area contributed by atoms with E-state index in [1.807, 2.05) is 24.3 Å². The number of alkyl carbamates (subject to hydrolysis) is 1. The van der Waals surface area contributed by atoms with Gasteiger partial charge in [0.1, 0.15) is 6.61 Å². The second kappa shape index (κ2) is 9.12. The number of carboxylic acids is 1. The van der Waals surface area contributed by atoms with Gasteiger partial charge < -0.3 is 15.2 Å². The number of hydrogen-bond acceptors (Lipinski definition) is 3. The molecule has 3 rings (SSSR count). The minimum atomic E-state index is -0.928. The highest BCUT2D eigenvalue weighted by molar-refractivity contribution is 5.79. The van der Waals surface area contributed by atoms with Crippen molar-refractivity contribution in [3.63, 3.8) is 0 Å². The SMILES string of the molecule is CCCCCC(C)(CC(=O)O)NC(=O)OCC1c2ccccc2-c2ccccc21. The Labute approximate surface area is 172 Å². The normalized spacial score (nSPS) is 14.6. The molecule has 2 N–H and O–H groups in total. The number of ether oxygens (including phenoxy) is 1. The molecule has 1 aliphatic carbocycles. The van der Waals surface area contributed by atoms with E-state index in [2.05, 4.69) is 36.5 Å². The molecule has 0 aliphatic heterocycles. The second-order valence-electron chi connectivity index (χ2n) is 8.04. The van der Waals surface area contributed by atoms with E-state index in [9.17, 15) is 14.7 Å². The first-order valence-electron chi connectivity index (χ1n) is 10.3. The minimum absolute atomic E-state index is 0.0148. The van der Waals surface area contributed by atoms with Crippen LogP contribution in [0.1, 0.15) is 63.0 Å². The Bertz CT molecular complexity index is 833. The molecule has 0 fully saturated rings. The Balaban J connectivity index is 1.67. The van der Waals surface area contributed by atoms with E-state index in [1.54, 1.807) is 6.92 Å². The largest absolute Gasteiger partial charge is 0.481 e. The van der Waals surface area contributed by atoms with Crippen molar-refractivity contribution in [3.8, 4) is 11.1 Å². The minimum Gasteiger partial charge on any atom is -0.481 e. The molecule has 5 nitrogen and oxygen atoms in total. The fourth-order valence-electron chi connectivity index (χ4n) is 4.17. The number of aliphatic carboxylic acids is 1. The van der Waals surface area contributed by atoms with Gasteiger partial charge in [-0.25, -0.2) is 4.79 Å². The van der Waals surface area contributed by atoms with Crippen molar-refractivity contribution < 1.29 is 19.4 Å². The van der Waals surface area contributed by atoms with Crippen LogP contribution in [0.4, 0.5) is 4.79 Å². The number of carbonyl (C=O) groups excluding carboxylic acids is 1. The number of amides is 1. The van der Waals surface area contributed by atoms with E-state index >= 15 is 0 Å². The number of nitrogens with one attached hydrogen (secondary N) is 1. The fourth-order valence-corrected chi connectivity index (χ4v) is 4.17. The van der Waals surface area contributed by atoms with Crippen LogP contribution in [-0.4, -0.2) is 29.3 Å². The highest BCUT2D eigenvalue weighted by atomic mass is 16.5. The van der Waals surface area contributed by atoms with Crippen LogP contribution < -0.4 is 5.32 Å². The predicted octanol–water partition coefficient (Wildman–Crippen LogP) is 5.34. The summed E-state index contributed by atoms with van der Waals surface area (Å²) in [5.74, 6) is -0.943. The van der Waals surface area contributed by atoms with E-state index < -0.39 is 17.6 Å². The molecule has 0 bridgehead atoms. The topological polar surface area (TPSA) is 75.6 Å².